The molecule has 0 fully saturated rings. The van der Waals surface area contributed by atoms with Gasteiger partial charge in [-0.3, -0.25) is 0 Å². The van der Waals surface area contributed by atoms with Crippen LogP contribution in [0.4, 0.5) is 0 Å². The van der Waals surface area contributed by atoms with Crippen LogP contribution in [0.15, 0.2) is 0 Å². The summed E-state index contributed by atoms with van der Waals surface area (Å²) in [5, 5.41) is 20.2. The van der Waals surface area contributed by atoms with Gasteiger partial charge < -0.3 is 15.5 Å². The van der Waals surface area contributed by atoms with Crippen LogP contribution >= 0.6 is 0 Å². The molecule has 0 saturated heterocycles. The summed E-state index contributed by atoms with van der Waals surface area (Å²) in [5.41, 5.74) is 0. The van der Waals surface area contributed by atoms with Crippen LogP contribution in [0, 0.1) is 0 Å². The molecule has 0 unspecified atom stereocenters. The fourth-order valence-corrected chi connectivity index (χ4v) is 1.04. The van der Waals surface area contributed by atoms with Crippen LogP contribution in [0.2, 0.25) is 0 Å². The maximum atomic E-state index is 8.50. The molecule has 0 aromatic carbocycles. The molecular formula is C9H21NO2. The molecule has 3 N–H and O–H groups in total. The molecule has 3 heteroatoms. The van der Waals surface area contributed by atoms with Gasteiger partial charge in [-0.2, -0.15) is 0 Å². The lowest BCUT2D eigenvalue weighted by atomic mass is 10.2. The predicted molar refractivity (Wildman–Crippen MR) is 50.1 cm³/mol. The van der Waals surface area contributed by atoms with Gasteiger partial charge in [0.15, 0.2) is 0 Å². The summed E-state index contributed by atoms with van der Waals surface area (Å²) in [5.74, 6) is 0. The van der Waals surface area contributed by atoms with Crippen LogP contribution < -0.4 is 5.32 Å². The van der Waals surface area contributed by atoms with Crippen molar-refractivity contribution in [3.63, 3.8) is 0 Å². The quantitative estimate of drug-likeness (QED) is 0.448. The van der Waals surface area contributed by atoms with Crippen molar-refractivity contribution in [1.29, 1.82) is 0 Å². The summed E-state index contributed by atoms with van der Waals surface area (Å²) in [6, 6.07) is 0. The van der Waals surface area contributed by atoms with Gasteiger partial charge in [-0.05, 0) is 32.4 Å². The van der Waals surface area contributed by atoms with Crippen LogP contribution in [-0.4, -0.2) is 36.5 Å². The van der Waals surface area contributed by atoms with E-state index < -0.39 is 0 Å². The first-order chi connectivity index (χ1) is 5.91. The van der Waals surface area contributed by atoms with Crippen molar-refractivity contribution >= 4 is 0 Å². The van der Waals surface area contributed by atoms with E-state index in [2.05, 4.69) is 5.32 Å². The van der Waals surface area contributed by atoms with Crippen LogP contribution in [0.5, 0.6) is 0 Å². The van der Waals surface area contributed by atoms with Crippen molar-refractivity contribution in [3.05, 3.63) is 0 Å². The smallest absolute Gasteiger partial charge is 0.0443 e. The molecule has 0 rings (SSSR count). The van der Waals surface area contributed by atoms with E-state index in [1.807, 2.05) is 0 Å². The van der Waals surface area contributed by atoms with Gasteiger partial charge >= 0.3 is 0 Å². The molecule has 0 aliphatic heterocycles. The predicted octanol–water partition coefficient (Wildman–Crippen LogP) is 0.511. The highest BCUT2D eigenvalue weighted by Crippen LogP contribution is 1.97. The van der Waals surface area contributed by atoms with Gasteiger partial charge in [-0.15, -0.1) is 0 Å². The van der Waals surface area contributed by atoms with Crippen molar-refractivity contribution < 1.29 is 10.2 Å². The molecule has 0 amide bonds. The first-order valence-corrected chi connectivity index (χ1v) is 4.84. The van der Waals surface area contributed by atoms with E-state index in [9.17, 15) is 0 Å². The third kappa shape index (κ3) is 9.88. The largest absolute Gasteiger partial charge is 0.396 e. The SMILES string of the molecule is OCCCCCCNCCCO. The lowest BCUT2D eigenvalue weighted by molar-refractivity contribution is 0.281. The van der Waals surface area contributed by atoms with E-state index in [1.165, 1.54) is 12.8 Å². The van der Waals surface area contributed by atoms with Crippen LogP contribution in [0.3, 0.4) is 0 Å². The second kappa shape index (κ2) is 10.9. The Morgan fingerprint density at radius 2 is 1.25 bits per heavy atom. The van der Waals surface area contributed by atoms with E-state index in [4.69, 9.17) is 10.2 Å². The topological polar surface area (TPSA) is 52.5 Å². The van der Waals surface area contributed by atoms with Crippen molar-refractivity contribution in [2.45, 2.75) is 32.1 Å². The fraction of sp³-hybridized carbons (Fsp3) is 1.00. The van der Waals surface area contributed by atoms with Gasteiger partial charge in [0.25, 0.3) is 0 Å². The summed E-state index contributed by atoms with van der Waals surface area (Å²) >= 11 is 0. The molecule has 0 aromatic rings. The Balaban J connectivity index is 2.73. The lowest BCUT2D eigenvalue weighted by Crippen LogP contribution is -2.17. The molecule has 12 heavy (non-hydrogen) atoms. The molecule has 0 spiro atoms. The van der Waals surface area contributed by atoms with Gasteiger partial charge in [0.2, 0.25) is 0 Å². The lowest BCUT2D eigenvalue weighted by Gasteiger charge is -2.02. The Bertz CT molecular complexity index is 68.9. The summed E-state index contributed by atoms with van der Waals surface area (Å²) < 4.78 is 0. The molecule has 0 saturated carbocycles. The number of hydrogen-bond acceptors (Lipinski definition) is 3. The molecule has 0 radical (unpaired) electrons. The average Bonchev–Trinajstić information content (AvgIpc) is 2.10. The highest BCUT2D eigenvalue weighted by atomic mass is 16.3. The van der Waals surface area contributed by atoms with Crippen molar-refractivity contribution in [1.82, 2.24) is 5.32 Å². The van der Waals surface area contributed by atoms with Crippen molar-refractivity contribution in [2.75, 3.05) is 26.3 Å². The number of unbranched alkanes of at least 4 members (excludes halogenated alkanes) is 3. The zero-order valence-corrected chi connectivity index (χ0v) is 7.76. The number of aliphatic hydroxyl groups is 2. The summed E-state index contributed by atoms with van der Waals surface area (Å²) in [4.78, 5) is 0. The minimum Gasteiger partial charge on any atom is -0.396 e. The molecular weight excluding hydrogens is 154 g/mol. The summed E-state index contributed by atoms with van der Waals surface area (Å²) in [6.07, 6.45) is 5.25. The van der Waals surface area contributed by atoms with Crippen LogP contribution in [0.1, 0.15) is 32.1 Å². The van der Waals surface area contributed by atoms with Crippen molar-refractivity contribution in [2.24, 2.45) is 0 Å². The monoisotopic (exact) mass is 175 g/mol. The summed E-state index contributed by atoms with van der Waals surface area (Å²) in [7, 11) is 0. The first-order valence-electron chi connectivity index (χ1n) is 4.84. The third-order valence-corrected chi connectivity index (χ3v) is 1.77. The molecule has 0 aromatic heterocycles. The van der Waals surface area contributed by atoms with E-state index in [1.54, 1.807) is 0 Å². The van der Waals surface area contributed by atoms with Gasteiger partial charge in [0.05, 0.1) is 0 Å². The van der Waals surface area contributed by atoms with Crippen LogP contribution in [0.25, 0.3) is 0 Å². The summed E-state index contributed by atoms with van der Waals surface area (Å²) in [6.45, 7) is 2.54. The van der Waals surface area contributed by atoms with E-state index in [0.717, 1.165) is 32.4 Å². The minimum atomic E-state index is 0.275. The maximum Gasteiger partial charge on any atom is 0.0443 e. The number of rotatable bonds is 9. The highest BCUT2D eigenvalue weighted by molar-refractivity contribution is 4.48. The normalized spacial score (nSPS) is 10.5. The Morgan fingerprint density at radius 3 is 1.92 bits per heavy atom. The van der Waals surface area contributed by atoms with Crippen molar-refractivity contribution in [3.8, 4) is 0 Å². The number of nitrogens with one attached hydrogen (secondary N) is 1. The molecule has 74 valence electrons. The van der Waals surface area contributed by atoms with E-state index in [-0.39, 0.29) is 6.61 Å². The van der Waals surface area contributed by atoms with Crippen LogP contribution in [-0.2, 0) is 0 Å². The fourth-order valence-electron chi connectivity index (χ4n) is 1.04. The van der Waals surface area contributed by atoms with Gasteiger partial charge in [-0.25, -0.2) is 0 Å². The number of aliphatic hydroxyl groups excluding tert-OH is 2. The molecule has 3 nitrogen and oxygen atoms in total. The zero-order valence-electron chi connectivity index (χ0n) is 7.76. The van der Waals surface area contributed by atoms with Gasteiger partial charge in [-0.1, -0.05) is 12.8 Å². The third-order valence-electron chi connectivity index (χ3n) is 1.77. The Labute approximate surface area is 74.8 Å². The average molecular weight is 175 g/mol. The van der Waals surface area contributed by atoms with E-state index in [0.29, 0.717) is 6.61 Å². The minimum absolute atomic E-state index is 0.275. The second-order valence-corrected chi connectivity index (χ2v) is 2.96. The highest BCUT2D eigenvalue weighted by Gasteiger charge is 1.89. The second-order valence-electron chi connectivity index (χ2n) is 2.96. The number of hydrogen-bond donors (Lipinski definition) is 3. The van der Waals surface area contributed by atoms with E-state index >= 15 is 0 Å². The standard InChI is InChI=1S/C9H21NO2/c11-8-4-2-1-3-6-10-7-5-9-12/h10-12H,1-9H2. The van der Waals surface area contributed by atoms with Gasteiger partial charge in [0.1, 0.15) is 0 Å². The maximum absolute atomic E-state index is 8.50. The molecule has 0 aliphatic rings. The molecule has 0 heterocycles. The Morgan fingerprint density at radius 1 is 0.667 bits per heavy atom. The van der Waals surface area contributed by atoms with Gasteiger partial charge in [0, 0.05) is 13.2 Å². The zero-order chi connectivity index (χ0) is 9.07. The molecule has 0 bridgehead atoms. The Hall–Kier alpha value is -0.120. The molecule has 0 aliphatic carbocycles. The first kappa shape index (κ1) is 11.9. The molecule has 0 atom stereocenters. The Kier molecular flexibility index (Phi) is 10.8.